The van der Waals surface area contributed by atoms with Crippen LogP contribution in [0, 0.1) is 5.92 Å². The van der Waals surface area contributed by atoms with Gasteiger partial charge >= 0.3 is 0 Å². The number of rotatable bonds is 1. The summed E-state index contributed by atoms with van der Waals surface area (Å²) in [6.45, 7) is 4.40. The predicted molar refractivity (Wildman–Crippen MR) is 58.5 cm³/mol. The summed E-state index contributed by atoms with van der Waals surface area (Å²) in [5.74, 6) is 1.02. The van der Waals surface area contributed by atoms with Crippen LogP contribution in [0.5, 0.6) is 0 Å². The second-order valence-electron chi connectivity index (χ2n) is 5.40. The molecule has 3 fully saturated rings. The zero-order valence-electron chi connectivity index (χ0n) is 9.70. The molecule has 3 rings (SSSR count). The van der Waals surface area contributed by atoms with Crippen molar-refractivity contribution in [1.82, 2.24) is 9.80 Å². The van der Waals surface area contributed by atoms with Crippen LogP contribution in [0.25, 0.3) is 0 Å². The Morgan fingerprint density at radius 3 is 3.07 bits per heavy atom. The fourth-order valence-corrected chi connectivity index (χ4v) is 4.22. The zero-order valence-corrected chi connectivity index (χ0v) is 9.70. The van der Waals surface area contributed by atoms with Gasteiger partial charge in [-0.15, -0.1) is 0 Å². The SMILES string of the molecule is CCC1C[C@H]2CN(C)C(=O)[C@]23CCCN13. The first kappa shape index (κ1) is 9.64. The van der Waals surface area contributed by atoms with Crippen molar-refractivity contribution in [2.45, 2.75) is 44.2 Å². The third-order valence-corrected chi connectivity index (χ3v) is 4.82. The molecule has 0 aromatic rings. The molecule has 3 heterocycles. The first-order chi connectivity index (χ1) is 7.20. The molecule has 3 nitrogen and oxygen atoms in total. The lowest BCUT2D eigenvalue weighted by atomic mass is 9.85. The largest absolute Gasteiger partial charge is 0.344 e. The van der Waals surface area contributed by atoms with Crippen LogP contribution in [-0.4, -0.2) is 47.4 Å². The average Bonchev–Trinajstić information content (AvgIpc) is 2.81. The van der Waals surface area contributed by atoms with Crippen LogP contribution < -0.4 is 0 Å². The Balaban J connectivity index is 2.00. The monoisotopic (exact) mass is 208 g/mol. The van der Waals surface area contributed by atoms with E-state index in [0.717, 1.165) is 19.5 Å². The number of amides is 1. The highest BCUT2D eigenvalue weighted by Gasteiger charge is 2.63. The summed E-state index contributed by atoms with van der Waals surface area (Å²) in [5.41, 5.74) is -0.0601. The van der Waals surface area contributed by atoms with Crippen LogP contribution >= 0.6 is 0 Å². The molecule has 0 saturated carbocycles. The molecule has 1 unspecified atom stereocenters. The van der Waals surface area contributed by atoms with E-state index in [0.29, 0.717) is 17.9 Å². The van der Waals surface area contributed by atoms with E-state index >= 15 is 0 Å². The molecule has 0 aromatic heterocycles. The highest BCUT2D eigenvalue weighted by atomic mass is 16.2. The molecule has 84 valence electrons. The van der Waals surface area contributed by atoms with Gasteiger partial charge in [0.15, 0.2) is 0 Å². The predicted octanol–water partition coefficient (Wildman–Crippen LogP) is 1.09. The van der Waals surface area contributed by atoms with Gasteiger partial charge in [-0.25, -0.2) is 0 Å². The van der Waals surface area contributed by atoms with Gasteiger partial charge in [-0.05, 0) is 32.2 Å². The Morgan fingerprint density at radius 2 is 2.33 bits per heavy atom. The smallest absolute Gasteiger partial charge is 0.243 e. The zero-order chi connectivity index (χ0) is 10.6. The summed E-state index contributed by atoms with van der Waals surface area (Å²) < 4.78 is 0. The normalized spacial score (nSPS) is 44.9. The van der Waals surface area contributed by atoms with E-state index in [1.807, 2.05) is 11.9 Å². The van der Waals surface area contributed by atoms with Gasteiger partial charge in [0.2, 0.25) is 5.91 Å². The lowest BCUT2D eigenvalue weighted by Gasteiger charge is -2.32. The number of likely N-dealkylation sites (N-methyl/N-ethyl adjacent to an activating group) is 1. The van der Waals surface area contributed by atoms with Crippen molar-refractivity contribution >= 4 is 5.91 Å². The van der Waals surface area contributed by atoms with Crippen LogP contribution in [0.1, 0.15) is 32.6 Å². The standard InChI is InChI=1S/C12H20N2O/c1-3-10-7-9-8-13(2)11(15)12(9)5-4-6-14(10)12/h9-10H,3-8H2,1-2H3/t9-,10?,12-/m0/s1. The Hall–Kier alpha value is -0.570. The quantitative estimate of drug-likeness (QED) is 0.644. The number of nitrogens with zero attached hydrogens (tertiary/aromatic N) is 2. The summed E-state index contributed by atoms with van der Waals surface area (Å²) in [4.78, 5) is 16.8. The second-order valence-corrected chi connectivity index (χ2v) is 5.40. The van der Waals surface area contributed by atoms with Crippen LogP contribution in [0.2, 0.25) is 0 Å². The fourth-order valence-electron chi connectivity index (χ4n) is 4.22. The summed E-state index contributed by atoms with van der Waals surface area (Å²) in [6.07, 6.45) is 4.77. The third-order valence-electron chi connectivity index (χ3n) is 4.82. The first-order valence-corrected chi connectivity index (χ1v) is 6.22. The van der Waals surface area contributed by atoms with E-state index in [1.54, 1.807) is 0 Å². The molecule has 3 heteroatoms. The lowest BCUT2D eigenvalue weighted by Crippen LogP contribution is -2.50. The molecular weight excluding hydrogens is 188 g/mol. The molecule has 3 aliphatic rings. The van der Waals surface area contributed by atoms with Gasteiger partial charge in [0, 0.05) is 25.6 Å². The number of likely N-dealkylation sites (tertiary alicyclic amines) is 1. The Labute approximate surface area is 91.4 Å². The summed E-state index contributed by atoms with van der Waals surface area (Å²) >= 11 is 0. The highest BCUT2D eigenvalue weighted by Crippen LogP contribution is 2.51. The average molecular weight is 208 g/mol. The van der Waals surface area contributed by atoms with Gasteiger partial charge in [0.05, 0.1) is 0 Å². The van der Waals surface area contributed by atoms with E-state index in [2.05, 4.69) is 11.8 Å². The lowest BCUT2D eigenvalue weighted by molar-refractivity contribution is -0.135. The minimum atomic E-state index is -0.0601. The highest BCUT2D eigenvalue weighted by molar-refractivity contribution is 5.90. The van der Waals surface area contributed by atoms with Gasteiger partial charge in [-0.1, -0.05) is 6.92 Å². The van der Waals surface area contributed by atoms with Crippen LogP contribution in [0.3, 0.4) is 0 Å². The maximum Gasteiger partial charge on any atom is 0.243 e. The van der Waals surface area contributed by atoms with Crippen molar-refractivity contribution in [3.63, 3.8) is 0 Å². The number of hydrogen-bond donors (Lipinski definition) is 0. The molecule has 3 aliphatic heterocycles. The molecular formula is C12H20N2O. The number of hydrogen-bond acceptors (Lipinski definition) is 2. The molecule has 1 spiro atoms. The van der Waals surface area contributed by atoms with E-state index in [9.17, 15) is 4.79 Å². The van der Waals surface area contributed by atoms with Gasteiger partial charge in [0.1, 0.15) is 5.54 Å². The van der Waals surface area contributed by atoms with Crippen molar-refractivity contribution in [2.75, 3.05) is 20.1 Å². The van der Waals surface area contributed by atoms with Gasteiger partial charge in [-0.2, -0.15) is 0 Å². The summed E-state index contributed by atoms with van der Waals surface area (Å²) in [5, 5.41) is 0. The molecule has 3 saturated heterocycles. The maximum atomic E-state index is 12.3. The van der Waals surface area contributed by atoms with E-state index in [-0.39, 0.29) is 5.54 Å². The number of carbonyl (C=O) groups excluding carboxylic acids is 1. The van der Waals surface area contributed by atoms with Crippen LogP contribution in [0.15, 0.2) is 0 Å². The topological polar surface area (TPSA) is 23.6 Å². The molecule has 0 aliphatic carbocycles. The molecule has 0 N–H and O–H groups in total. The van der Waals surface area contributed by atoms with Gasteiger partial charge < -0.3 is 4.90 Å². The molecule has 0 bridgehead atoms. The van der Waals surface area contributed by atoms with E-state index < -0.39 is 0 Å². The van der Waals surface area contributed by atoms with Crippen molar-refractivity contribution < 1.29 is 4.79 Å². The number of carbonyl (C=O) groups is 1. The molecule has 15 heavy (non-hydrogen) atoms. The first-order valence-electron chi connectivity index (χ1n) is 6.22. The van der Waals surface area contributed by atoms with Crippen molar-refractivity contribution in [2.24, 2.45) is 5.92 Å². The minimum absolute atomic E-state index is 0.0601. The Kier molecular flexibility index (Phi) is 1.91. The third kappa shape index (κ3) is 0.975. The van der Waals surface area contributed by atoms with Crippen LogP contribution in [-0.2, 0) is 4.79 Å². The fraction of sp³-hybridized carbons (Fsp3) is 0.917. The van der Waals surface area contributed by atoms with E-state index in [4.69, 9.17) is 0 Å². The van der Waals surface area contributed by atoms with Gasteiger partial charge in [-0.3, -0.25) is 9.69 Å². The Morgan fingerprint density at radius 1 is 1.53 bits per heavy atom. The molecule has 1 amide bonds. The summed E-state index contributed by atoms with van der Waals surface area (Å²) in [6, 6.07) is 0.676. The molecule has 0 aromatic carbocycles. The Bertz CT molecular complexity index is 304. The summed E-state index contributed by atoms with van der Waals surface area (Å²) in [7, 11) is 1.97. The van der Waals surface area contributed by atoms with Crippen molar-refractivity contribution in [1.29, 1.82) is 0 Å². The second kappa shape index (κ2) is 2.97. The molecule has 3 atom stereocenters. The van der Waals surface area contributed by atoms with Gasteiger partial charge in [0.25, 0.3) is 0 Å². The van der Waals surface area contributed by atoms with Crippen LogP contribution in [0.4, 0.5) is 0 Å². The van der Waals surface area contributed by atoms with Crippen molar-refractivity contribution in [3.05, 3.63) is 0 Å². The van der Waals surface area contributed by atoms with Crippen molar-refractivity contribution in [3.8, 4) is 0 Å². The molecule has 0 radical (unpaired) electrons. The van der Waals surface area contributed by atoms with E-state index in [1.165, 1.54) is 19.3 Å². The maximum absolute atomic E-state index is 12.3. The minimum Gasteiger partial charge on any atom is -0.344 e.